The smallest absolute Gasteiger partial charge is 0.248 e. The fraction of sp³-hybridized carbons (Fsp3) is 0.378. The highest BCUT2D eigenvalue weighted by Crippen LogP contribution is 2.43. The van der Waals surface area contributed by atoms with E-state index in [2.05, 4.69) is 20.5 Å². The number of pyridine rings is 1. The monoisotopic (exact) mass is 639 g/mol. The van der Waals surface area contributed by atoms with Crippen molar-refractivity contribution in [2.45, 2.75) is 43.6 Å². The molecule has 10 nitrogen and oxygen atoms in total. The second kappa shape index (κ2) is 15.9. The van der Waals surface area contributed by atoms with E-state index in [-0.39, 0.29) is 29.0 Å². The van der Waals surface area contributed by atoms with Crippen LogP contribution < -0.4 is 21.9 Å². The quantitative estimate of drug-likeness (QED) is 0.103. The molecule has 7 N–H and O–H groups in total. The number of aliphatic hydroxyl groups excluding tert-OH is 1. The highest BCUT2D eigenvalue weighted by atomic mass is 16.3. The predicted octanol–water partition coefficient (Wildman–Crippen LogP) is 3.33. The van der Waals surface area contributed by atoms with Crippen molar-refractivity contribution in [3.05, 3.63) is 112 Å². The third-order valence-electron chi connectivity index (χ3n) is 9.34. The van der Waals surface area contributed by atoms with Crippen LogP contribution in [-0.2, 0) is 15.0 Å². The number of H-pyrrole nitrogens is 1. The summed E-state index contributed by atoms with van der Waals surface area (Å²) >= 11 is 0. The summed E-state index contributed by atoms with van der Waals surface area (Å²) < 4.78 is 0. The number of aromatic hydroxyl groups is 1. The number of nitrogens with two attached hydrogens (primary N) is 1. The number of hydrogen-bond donors (Lipinski definition) is 6. The first-order chi connectivity index (χ1) is 22.8. The Bertz CT molecular complexity index is 1650. The second-order valence-corrected chi connectivity index (χ2v) is 12.4. The summed E-state index contributed by atoms with van der Waals surface area (Å²) in [5, 5.41) is 27.6. The van der Waals surface area contributed by atoms with Crippen LogP contribution in [0.3, 0.4) is 0 Å². The van der Waals surface area contributed by atoms with Crippen molar-refractivity contribution in [1.29, 1.82) is 0 Å². The number of nitrogens with one attached hydrogen (secondary N) is 3. The minimum absolute atomic E-state index is 0.00598. The highest BCUT2D eigenvalue weighted by molar-refractivity contribution is 5.91. The number of hydrogen-bond acceptors (Lipinski definition) is 7. The van der Waals surface area contributed by atoms with E-state index < -0.39 is 11.5 Å². The number of carbonyl (C=O) groups is 2. The van der Waals surface area contributed by atoms with Gasteiger partial charge in [-0.05, 0) is 67.1 Å². The number of fused-ring (bicyclic) bond motifs is 1. The lowest BCUT2D eigenvalue weighted by atomic mass is 9.64. The minimum Gasteiger partial charge on any atom is -0.506 e. The van der Waals surface area contributed by atoms with Gasteiger partial charge < -0.3 is 36.5 Å². The summed E-state index contributed by atoms with van der Waals surface area (Å²) in [7, 11) is 0. The van der Waals surface area contributed by atoms with Crippen molar-refractivity contribution in [3.8, 4) is 5.75 Å². The normalized spacial score (nSPS) is 15.9. The molecule has 1 aliphatic rings. The molecule has 0 spiro atoms. The number of amides is 2. The summed E-state index contributed by atoms with van der Waals surface area (Å²) in [4.78, 5) is 42.4. The Hall–Kier alpha value is -4.51. The number of unbranched alkanes of at least 4 members (excludes halogenated alkanes) is 2. The Morgan fingerprint density at radius 3 is 2.30 bits per heavy atom. The van der Waals surface area contributed by atoms with Crippen LogP contribution in [0.15, 0.2) is 89.7 Å². The molecule has 2 atom stereocenters. The Morgan fingerprint density at radius 2 is 1.62 bits per heavy atom. The van der Waals surface area contributed by atoms with E-state index in [1.165, 1.54) is 12.1 Å². The van der Waals surface area contributed by atoms with Gasteiger partial charge in [-0.3, -0.25) is 14.4 Å². The summed E-state index contributed by atoms with van der Waals surface area (Å²) in [5.74, 6) is -0.374. The maximum Gasteiger partial charge on any atom is 0.248 e. The molecule has 0 aliphatic carbocycles. The molecule has 2 heterocycles. The highest BCUT2D eigenvalue weighted by Gasteiger charge is 2.49. The number of carbonyl (C=O) groups excluding carboxylic acids is 2. The fourth-order valence-corrected chi connectivity index (χ4v) is 6.94. The molecule has 5 rings (SSSR count). The van der Waals surface area contributed by atoms with E-state index in [9.17, 15) is 24.6 Å². The molecule has 0 saturated carbocycles. The molecule has 248 valence electrons. The van der Waals surface area contributed by atoms with Crippen LogP contribution in [0.5, 0.6) is 5.75 Å². The van der Waals surface area contributed by atoms with E-state index >= 15 is 0 Å². The maximum atomic E-state index is 13.3. The van der Waals surface area contributed by atoms with Gasteiger partial charge in [0.25, 0.3) is 0 Å². The SMILES string of the molecule is NC(=O)C(c1ccccc1)(c1ccccc1)C1CCN(CCC(=O)NCCCCCNCC(O)c2ccc(O)c3[nH]c(=O)ccc23)C1. The molecule has 4 aromatic rings. The number of rotatable bonds is 16. The zero-order valence-corrected chi connectivity index (χ0v) is 26.7. The summed E-state index contributed by atoms with van der Waals surface area (Å²) in [6.07, 6.45) is 3.09. The maximum absolute atomic E-state index is 13.3. The van der Waals surface area contributed by atoms with E-state index in [1.54, 1.807) is 12.1 Å². The van der Waals surface area contributed by atoms with E-state index in [0.29, 0.717) is 55.6 Å². The Kier molecular flexibility index (Phi) is 11.4. The van der Waals surface area contributed by atoms with Crippen molar-refractivity contribution in [3.63, 3.8) is 0 Å². The van der Waals surface area contributed by atoms with Gasteiger partial charge in [-0.2, -0.15) is 0 Å². The molecule has 1 aliphatic heterocycles. The van der Waals surface area contributed by atoms with Crippen molar-refractivity contribution in [2.24, 2.45) is 11.7 Å². The number of benzene rings is 3. The number of nitrogens with zero attached hydrogens (tertiary/aromatic N) is 1. The molecule has 1 saturated heterocycles. The molecular weight excluding hydrogens is 594 g/mol. The summed E-state index contributed by atoms with van der Waals surface area (Å²) in [6, 6.07) is 25.7. The molecule has 1 aromatic heterocycles. The number of aromatic nitrogens is 1. The molecular formula is C37H45N5O5. The molecule has 2 amide bonds. The molecule has 47 heavy (non-hydrogen) atoms. The van der Waals surface area contributed by atoms with Crippen LogP contribution in [0.1, 0.15) is 54.9 Å². The first-order valence-electron chi connectivity index (χ1n) is 16.4. The van der Waals surface area contributed by atoms with Gasteiger partial charge >= 0.3 is 0 Å². The zero-order valence-electron chi connectivity index (χ0n) is 26.7. The summed E-state index contributed by atoms with van der Waals surface area (Å²) in [5.41, 5.74) is 7.70. The standard InChI is InChI=1S/C37H45N5O5/c38-36(47)37(26-10-4-1-5-11-26,27-12-6-2-7-13-27)28-18-22-42(25-28)23-19-33(45)40-21-9-3-8-20-39-24-32(44)29-14-16-31(43)35-30(29)15-17-34(46)41-35/h1-2,4-7,10-17,28,32,39,43-44H,3,8-9,18-25H2,(H2,38,47)(H,40,45)(H,41,46). The van der Waals surface area contributed by atoms with Crippen LogP contribution in [0.4, 0.5) is 0 Å². The van der Waals surface area contributed by atoms with Gasteiger partial charge in [0.05, 0.1) is 11.6 Å². The summed E-state index contributed by atoms with van der Waals surface area (Å²) in [6.45, 7) is 3.77. The van der Waals surface area contributed by atoms with Crippen LogP contribution in [-0.4, -0.2) is 71.2 Å². The van der Waals surface area contributed by atoms with Crippen molar-refractivity contribution < 1.29 is 19.8 Å². The predicted molar refractivity (Wildman–Crippen MR) is 183 cm³/mol. The van der Waals surface area contributed by atoms with Crippen LogP contribution >= 0.6 is 0 Å². The number of aliphatic hydroxyl groups is 1. The van der Waals surface area contributed by atoms with Gasteiger partial charge in [-0.1, -0.05) is 73.2 Å². The van der Waals surface area contributed by atoms with Crippen molar-refractivity contribution in [1.82, 2.24) is 20.5 Å². The van der Waals surface area contributed by atoms with Crippen LogP contribution in [0, 0.1) is 5.92 Å². The number of likely N-dealkylation sites (tertiary alicyclic amines) is 1. The van der Waals surface area contributed by atoms with Gasteiger partial charge in [0.2, 0.25) is 17.4 Å². The second-order valence-electron chi connectivity index (χ2n) is 12.4. The van der Waals surface area contributed by atoms with Gasteiger partial charge in [0.1, 0.15) is 11.2 Å². The lowest BCUT2D eigenvalue weighted by Gasteiger charge is -2.37. The third kappa shape index (κ3) is 7.90. The number of phenolic OH excluding ortho intramolecular Hbond substituents is 1. The number of primary amides is 1. The Balaban J connectivity index is 1.01. The van der Waals surface area contributed by atoms with Gasteiger partial charge in [-0.25, -0.2) is 0 Å². The Morgan fingerprint density at radius 1 is 0.936 bits per heavy atom. The first kappa shape index (κ1) is 33.8. The minimum atomic E-state index is -0.937. The van der Waals surface area contributed by atoms with Crippen molar-refractivity contribution >= 4 is 22.7 Å². The lowest BCUT2D eigenvalue weighted by molar-refractivity contribution is -0.124. The Labute approximate surface area is 275 Å². The van der Waals surface area contributed by atoms with Gasteiger partial charge in [-0.15, -0.1) is 0 Å². The molecule has 3 aromatic carbocycles. The topological polar surface area (TPSA) is 161 Å². The largest absolute Gasteiger partial charge is 0.506 e. The number of phenols is 1. The fourth-order valence-electron chi connectivity index (χ4n) is 6.94. The zero-order chi connectivity index (χ0) is 33.2. The van der Waals surface area contributed by atoms with Crippen LogP contribution in [0.25, 0.3) is 10.9 Å². The number of aromatic amines is 1. The average molecular weight is 640 g/mol. The van der Waals surface area contributed by atoms with Gasteiger partial charge in [0, 0.05) is 44.1 Å². The molecule has 0 radical (unpaired) electrons. The van der Waals surface area contributed by atoms with Crippen molar-refractivity contribution in [2.75, 3.05) is 39.3 Å². The van der Waals surface area contributed by atoms with Crippen LogP contribution in [0.2, 0.25) is 0 Å². The first-order valence-corrected chi connectivity index (χ1v) is 16.4. The van der Waals surface area contributed by atoms with E-state index in [1.807, 2.05) is 60.7 Å². The lowest BCUT2D eigenvalue weighted by Crippen LogP contribution is -2.49. The molecule has 10 heteroatoms. The molecule has 0 bridgehead atoms. The van der Waals surface area contributed by atoms with E-state index in [4.69, 9.17) is 5.73 Å². The van der Waals surface area contributed by atoms with E-state index in [0.717, 1.165) is 43.4 Å². The average Bonchev–Trinajstić information content (AvgIpc) is 3.55. The molecule has 2 unspecified atom stereocenters. The third-order valence-corrected chi connectivity index (χ3v) is 9.34. The molecule has 1 fully saturated rings. The van der Waals surface area contributed by atoms with Gasteiger partial charge in [0.15, 0.2) is 0 Å².